The van der Waals surface area contributed by atoms with Crippen LogP contribution in [-0.4, -0.2) is 28.3 Å². The second-order valence-electron chi connectivity index (χ2n) is 5.93. The first-order valence-electron chi connectivity index (χ1n) is 8.49. The molecule has 6 heteroatoms. The third kappa shape index (κ3) is 3.69. The predicted molar refractivity (Wildman–Crippen MR) is 101 cm³/mol. The molecule has 0 fully saturated rings. The molecule has 6 nitrogen and oxygen atoms in total. The van der Waals surface area contributed by atoms with Crippen molar-refractivity contribution in [2.45, 2.75) is 19.8 Å². The summed E-state index contributed by atoms with van der Waals surface area (Å²) in [5.41, 5.74) is 1.96. The molecule has 1 atom stereocenters. The number of pyridine rings is 2. The first kappa shape index (κ1) is 17.5. The van der Waals surface area contributed by atoms with Gasteiger partial charge in [0.2, 0.25) is 5.91 Å². The summed E-state index contributed by atoms with van der Waals surface area (Å²) >= 11 is 0. The average Bonchev–Trinajstić information content (AvgIpc) is 2.67. The molecule has 26 heavy (non-hydrogen) atoms. The molecule has 2 amide bonds. The number of aromatic nitrogens is 2. The number of nitrogens with zero attached hydrogens (tertiary/aromatic N) is 2. The molecule has 2 aromatic heterocycles. The number of nitrogens with one attached hydrogen (secondary N) is 2. The van der Waals surface area contributed by atoms with Crippen molar-refractivity contribution in [2.24, 2.45) is 0 Å². The van der Waals surface area contributed by atoms with Crippen molar-refractivity contribution in [3.8, 4) is 0 Å². The molecule has 0 radical (unpaired) electrons. The maximum atomic E-state index is 12.6. The predicted octanol–water partition coefficient (Wildman–Crippen LogP) is 3.12. The minimum Gasteiger partial charge on any atom is -0.352 e. The molecule has 0 aliphatic heterocycles. The Labute approximate surface area is 151 Å². The Morgan fingerprint density at radius 1 is 1.15 bits per heavy atom. The van der Waals surface area contributed by atoms with E-state index in [0.29, 0.717) is 23.4 Å². The van der Waals surface area contributed by atoms with Crippen molar-refractivity contribution < 1.29 is 9.59 Å². The summed E-state index contributed by atoms with van der Waals surface area (Å²) in [6.07, 6.45) is 3.33. The number of hydrogen-bond donors (Lipinski definition) is 2. The highest BCUT2D eigenvalue weighted by molar-refractivity contribution is 6.08. The molecule has 2 heterocycles. The minimum atomic E-state index is -0.384. The molecule has 0 aliphatic carbocycles. The SMILES string of the molecule is CCNC(=O)c1cc(NC(=O)[C@H](C)c2cccnc2)nc2ccccc12. The molecule has 1 aromatic carbocycles. The van der Waals surface area contributed by atoms with Gasteiger partial charge >= 0.3 is 0 Å². The van der Waals surface area contributed by atoms with Crippen molar-refractivity contribution in [3.63, 3.8) is 0 Å². The number of anilines is 1. The summed E-state index contributed by atoms with van der Waals surface area (Å²) in [5, 5.41) is 6.35. The number of hydrogen-bond acceptors (Lipinski definition) is 4. The van der Waals surface area contributed by atoms with E-state index in [-0.39, 0.29) is 17.7 Å². The highest BCUT2D eigenvalue weighted by Gasteiger charge is 2.18. The summed E-state index contributed by atoms with van der Waals surface area (Å²) in [6, 6.07) is 12.6. The van der Waals surface area contributed by atoms with Gasteiger partial charge in [0.15, 0.2) is 0 Å². The van der Waals surface area contributed by atoms with Gasteiger partial charge in [-0.25, -0.2) is 4.98 Å². The van der Waals surface area contributed by atoms with Crippen LogP contribution in [0.25, 0.3) is 10.9 Å². The van der Waals surface area contributed by atoms with Crippen LogP contribution in [0.1, 0.15) is 35.7 Å². The van der Waals surface area contributed by atoms with Crippen molar-refractivity contribution in [1.29, 1.82) is 0 Å². The molecule has 0 bridgehead atoms. The van der Waals surface area contributed by atoms with Crippen LogP contribution < -0.4 is 10.6 Å². The zero-order chi connectivity index (χ0) is 18.5. The van der Waals surface area contributed by atoms with Gasteiger partial charge in [0.1, 0.15) is 5.82 Å². The molecule has 3 aromatic rings. The van der Waals surface area contributed by atoms with E-state index in [0.717, 1.165) is 10.9 Å². The lowest BCUT2D eigenvalue weighted by atomic mass is 10.0. The summed E-state index contributed by atoms with van der Waals surface area (Å²) in [4.78, 5) is 33.5. The average molecular weight is 348 g/mol. The topological polar surface area (TPSA) is 84.0 Å². The van der Waals surface area contributed by atoms with Crippen LogP contribution in [0.2, 0.25) is 0 Å². The van der Waals surface area contributed by atoms with Crippen LogP contribution in [0, 0.1) is 0 Å². The maximum Gasteiger partial charge on any atom is 0.252 e. The summed E-state index contributed by atoms with van der Waals surface area (Å²) in [6.45, 7) is 4.19. The smallest absolute Gasteiger partial charge is 0.252 e. The van der Waals surface area contributed by atoms with E-state index in [2.05, 4.69) is 20.6 Å². The van der Waals surface area contributed by atoms with Gasteiger partial charge in [-0.05, 0) is 37.6 Å². The zero-order valence-corrected chi connectivity index (χ0v) is 14.7. The van der Waals surface area contributed by atoms with Gasteiger partial charge in [0.05, 0.1) is 17.0 Å². The zero-order valence-electron chi connectivity index (χ0n) is 14.7. The van der Waals surface area contributed by atoms with Crippen LogP contribution in [0.15, 0.2) is 54.9 Å². The van der Waals surface area contributed by atoms with Crippen molar-refractivity contribution in [3.05, 3.63) is 66.0 Å². The molecule has 0 saturated heterocycles. The Hall–Kier alpha value is -3.28. The standard InChI is InChI=1S/C20H20N4O2/c1-3-22-20(26)16-11-18(23-17-9-5-4-8-15(16)17)24-19(25)13(2)14-7-6-10-21-12-14/h4-13H,3H2,1-2H3,(H,22,26)(H,23,24,25)/t13-/m1/s1. The quantitative estimate of drug-likeness (QED) is 0.742. The lowest BCUT2D eigenvalue weighted by molar-refractivity contribution is -0.117. The second kappa shape index (κ2) is 7.74. The van der Waals surface area contributed by atoms with Crippen LogP contribution >= 0.6 is 0 Å². The maximum absolute atomic E-state index is 12.6. The molecular weight excluding hydrogens is 328 g/mol. The molecular formula is C20H20N4O2. The van der Waals surface area contributed by atoms with E-state index in [1.165, 1.54) is 0 Å². The molecule has 0 saturated carbocycles. The van der Waals surface area contributed by atoms with E-state index in [9.17, 15) is 9.59 Å². The van der Waals surface area contributed by atoms with Gasteiger partial charge in [-0.2, -0.15) is 0 Å². The largest absolute Gasteiger partial charge is 0.352 e. The van der Waals surface area contributed by atoms with Crippen molar-refractivity contribution in [2.75, 3.05) is 11.9 Å². The van der Waals surface area contributed by atoms with Gasteiger partial charge < -0.3 is 10.6 Å². The Kier molecular flexibility index (Phi) is 5.22. The monoisotopic (exact) mass is 348 g/mol. The summed E-state index contributed by atoms with van der Waals surface area (Å²) < 4.78 is 0. The number of carbonyl (C=O) groups excluding carboxylic acids is 2. The Morgan fingerprint density at radius 2 is 1.96 bits per heavy atom. The Balaban J connectivity index is 1.92. The molecule has 0 unspecified atom stereocenters. The fraction of sp³-hybridized carbons (Fsp3) is 0.200. The molecule has 0 spiro atoms. The van der Waals surface area contributed by atoms with Crippen molar-refractivity contribution in [1.82, 2.24) is 15.3 Å². The minimum absolute atomic E-state index is 0.193. The molecule has 3 rings (SSSR count). The lowest BCUT2D eigenvalue weighted by Gasteiger charge is -2.14. The van der Waals surface area contributed by atoms with Gasteiger partial charge in [0, 0.05) is 24.3 Å². The highest BCUT2D eigenvalue weighted by atomic mass is 16.2. The number of benzene rings is 1. The summed E-state index contributed by atoms with van der Waals surface area (Å²) in [7, 11) is 0. The van der Waals surface area contributed by atoms with Gasteiger partial charge in [-0.15, -0.1) is 0 Å². The number of fused-ring (bicyclic) bond motifs is 1. The van der Waals surface area contributed by atoms with Crippen LogP contribution in [0.5, 0.6) is 0 Å². The van der Waals surface area contributed by atoms with E-state index in [1.54, 1.807) is 31.5 Å². The normalized spacial score (nSPS) is 11.8. The van der Waals surface area contributed by atoms with Crippen LogP contribution in [0.3, 0.4) is 0 Å². The number of amides is 2. The fourth-order valence-corrected chi connectivity index (χ4v) is 2.70. The van der Waals surface area contributed by atoms with Crippen LogP contribution in [-0.2, 0) is 4.79 Å². The summed E-state index contributed by atoms with van der Waals surface area (Å²) in [5.74, 6) is -0.430. The van der Waals surface area contributed by atoms with Gasteiger partial charge in [-0.1, -0.05) is 24.3 Å². The first-order valence-corrected chi connectivity index (χ1v) is 8.49. The van der Waals surface area contributed by atoms with Gasteiger partial charge in [-0.3, -0.25) is 14.6 Å². The van der Waals surface area contributed by atoms with Crippen molar-refractivity contribution >= 4 is 28.5 Å². The van der Waals surface area contributed by atoms with Gasteiger partial charge in [0.25, 0.3) is 5.91 Å². The third-order valence-electron chi connectivity index (χ3n) is 4.13. The van der Waals surface area contributed by atoms with E-state index in [1.807, 2.05) is 37.3 Å². The second-order valence-corrected chi connectivity index (χ2v) is 5.93. The molecule has 2 N–H and O–H groups in total. The fourth-order valence-electron chi connectivity index (χ4n) is 2.70. The van der Waals surface area contributed by atoms with E-state index >= 15 is 0 Å². The first-order chi connectivity index (χ1) is 12.6. The molecule has 132 valence electrons. The lowest BCUT2D eigenvalue weighted by Crippen LogP contribution is -2.24. The van der Waals surface area contributed by atoms with E-state index in [4.69, 9.17) is 0 Å². The highest BCUT2D eigenvalue weighted by Crippen LogP contribution is 2.22. The van der Waals surface area contributed by atoms with E-state index < -0.39 is 0 Å². The third-order valence-corrected chi connectivity index (χ3v) is 4.13. The Morgan fingerprint density at radius 3 is 2.69 bits per heavy atom. The number of rotatable bonds is 5. The Bertz CT molecular complexity index is 941. The number of para-hydroxylation sites is 1. The van der Waals surface area contributed by atoms with Crippen LogP contribution in [0.4, 0.5) is 5.82 Å². The molecule has 0 aliphatic rings. The number of carbonyl (C=O) groups is 2.